The van der Waals surface area contributed by atoms with Gasteiger partial charge in [0.2, 0.25) is 0 Å². The van der Waals surface area contributed by atoms with Crippen LogP contribution in [0.25, 0.3) is 0 Å². The minimum absolute atomic E-state index is 0.0749. The highest BCUT2D eigenvalue weighted by Gasteiger charge is 2.37. The average Bonchev–Trinajstić information content (AvgIpc) is 2.46. The Kier molecular flexibility index (Phi) is 2.15. The van der Waals surface area contributed by atoms with Crippen molar-refractivity contribution in [1.82, 2.24) is 0 Å². The number of anilines is 2. The lowest BCUT2D eigenvalue weighted by Crippen LogP contribution is -2.45. The minimum atomic E-state index is -0.181. The van der Waals surface area contributed by atoms with E-state index in [-0.39, 0.29) is 11.9 Å². The van der Waals surface area contributed by atoms with Crippen molar-refractivity contribution in [3.63, 3.8) is 0 Å². The topological polar surface area (TPSA) is 32.3 Å². The van der Waals surface area contributed by atoms with Crippen molar-refractivity contribution in [1.29, 1.82) is 0 Å². The van der Waals surface area contributed by atoms with E-state index < -0.39 is 0 Å². The van der Waals surface area contributed by atoms with Gasteiger partial charge in [-0.15, -0.1) is 0 Å². The van der Waals surface area contributed by atoms with Crippen molar-refractivity contribution in [2.75, 3.05) is 16.8 Å². The van der Waals surface area contributed by atoms with Gasteiger partial charge in [-0.2, -0.15) is 0 Å². The zero-order valence-corrected chi connectivity index (χ0v) is 10.5. The van der Waals surface area contributed by atoms with Gasteiger partial charge in [-0.05, 0) is 29.7 Å². The molecule has 19 heavy (non-hydrogen) atoms. The Labute approximate surface area is 111 Å². The minimum Gasteiger partial charge on any atom is -0.354 e. The first-order chi connectivity index (χ1) is 9.34. The largest absolute Gasteiger partial charge is 0.354 e. The molecule has 1 unspecified atom stereocenters. The first-order valence-electron chi connectivity index (χ1n) is 6.59. The molecular formula is C16H14N2O. The smallest absolute Gasteiger partial charge is 0.251 e. The van der Waals surface area contributed by atoms with Crippen LogP contribution in [0, 0.1) is 0 Å². The lowest BCUT2D eigenvalue weighted by Gasteiger charge is -2.42. The molecule has 3 heteroatoms. The van der Waals surface area contributed by atoms with Crippen LogP contribution in [0.15, 0.2) is 48.5 Å². The van der Waals surface area contributed by atoms with Crippen LogP contribution in [-0.2, 0) is 11.2 Å². The maximum atomic E-state index is 12.4. The first-order valence-corrected chi connectivity index (χ1v) is 6.59. The van der Waals surface area contributed by atoms with Gasteiger partial charge < -0.3 is 10.2 Å². The van der Waals surface area contributed by atoms with Crippen LogP contribution in [0.3, 0.4) is 0 Å². The lowest BCUT2D eigenvalue weighted by atomic mass is 9.90. The normalized spacial score (nSPS) is 20.1. The van der Waals surface area contributed by atoms with Gasteiger partial charge >= 0.3 is 0 Å². The number of carbonyl (C=O) groups is 1. The zero-order valence-electron chi connectivity index (χ0n) is 10.5. The fraction of sp³-hybridized carbons (Fsp3) is 0.188. The first kappa shape index (κ1) is 10.6. The number of carbonyl (C=O) groups excluding carboxylic acids is 1. The second kappa shape index (κ2) is 3.85. The number of nitrogens with one attached hydrogen (secondary N) is 1. The summed E-state index contributed by atoms with van der Waals surface area (Å²) >= 11 is 0. The standard InChI is InChI=1S/C16H14N2O/c19-16-15-12-6-2-1-5-11(12)9-10-18(15)14-8-4-3-7-13(14)17-16/h1-8,15H,9-10H2,(H,17,19). The lowest BCUT2D eigenvalue weighted by molar-refractivity contribution is -0.117. The molecule has 0 bridgehead atoms. The summed E-state index contributed by atoms with van der Waals surface area (Å²) in [5, 5.41) is 3.02. The molecule has 2 aromatic carbocycles. The quantitative estimate of drug-likeness (QED) is 0.779. The van der Waals surface area contributed by atoms with Gasteiger partial charge in [0, 0.05) is 6.54 Å². The van der Waals surface area contributed by atoms with Gasteiger partial charge in [0.25, 0.3) is 5.91 Å². The van der Waals surface area contributed by atoms with Crippen molar-refractivity contribution < 1.29 is 4.79 Å². The van der Waals surface area contributed by atoms with Crippen LogP contribution < -0.4 is 10.2 Å². The van der Waals surface area contributed by atoms with Crippen molar-refractivity contribution in [3.8, 4) is 0 Å². The average molecular weight is 250 g/mol. The zero-order chi connectivity index (χ0) is 12.8. The molecule has 2 heterocycles. The molecule has 3 nitrogen and oxygen atoms in total. The van der Waals surface area contributed by atoms with Crippen LogP contribution >= 0.6 is 0 Å². The van der Waals surface area contributed by atoms with Gasteiger partial charge in [-0.3, -0.25) is 4.79 Å². The SMILES string of the molecule is O=C1Nc2ccccc2N2CCc3ccccc3C12. The number of hydrogen-bond acceptors (Lipinski definition) is 2. The number of rotatable bonds is 0. The Morgan fingerprint density at radius 2 is 1.84 bits per heavy atom. The molecule has 0 fully saturated rings. The Morgan fingerprint density at radius 1 is 1.05 bits per heavy atom. The van der Waals surface area contributed by atoms with Crippen LogP contribution in [-0.4, -0.2) is 12.5 Å². The summed E-state index contributed by atoms with van der Waals surface area (Å²) in [7, 11) is 0. The number of hydrogen-bond donors (Lipinski definition) is 1. The monoisotopic (exact) mass is 250 g/mol. The second-order valence-electron chi connectivity index (χ2n) is 5.05. The molecule has 0 radical (unpaired) electrons. The Balaban J connectivity index is 1.89. The molecule has 1 N–H and O–H groups in total. The molecule has 2 aliphatic rings. The van der Waals surface area contributed by atoms with E-state index in [4.69, 9.17) is 0 Å². The van der Waals surface area contributed by atoms with E-state index in [0.29, 0.717) is 0 Å². The van der Waals surface area contributed by atoms with E-state index in [1.54, 1.807) is 0 Å². The summed E-state index contributed by atoms with van der Waals surface area (Å²) in [6.45, 7) is 0.895. The number of amides is 1. The molecule has 1 amide bonds. The fourth-order valence-corrected chi connectivity index (χ4v) is 3.14. The number of fused-ring (bicyclic) bond motifs is 5. The van der Waals surface area contributed by atoms with Gasteiger partial charge in [-0.1, -0.05) is 36.4 Å². The van der Waals surface area contributed by atoms with Gasteiger partial charge in [-0.25, -0.2) is 0 Å². The van der Waals surface area contributed by atoms with Crippen molar-refractivity contribution in [3.05, 3.63) is 59.7 Å². The highest BCUT2D eigenvalue weighted by Crippen LogP contribution is 2.41. The molecule has 0 aliphatic carbocycles. The Hall–Kier alpha value is -2.29. The summed E-state index contributed by atoms with van der Waals surface area (Å²) in [6, 6.07) is 16.1. The van der Waals surface area contributed by atoms with Crippen LogP contribution in [0.5, 0.6) is 0 Å². The predicted molar refractivity (Wildman–Crippen MR) is 75.3 cm³/mol. The predicted octanol–water partition coefficient (Wildman–Crippen LogP) is 2.74. The third-order valence-corrected chi connectivity index (χ3v) is 4.00. The molecule has 1 atom stereocenters. The van der Waals surface area contributed by atoms with E-state index in [1.807, 2.05) is 30.3 Å². The van der Waals surface area contributed by atoms with Crippen LogP contribution in [0.4, 0.5) is 11.4 Å². The van der Waals surface area contributed by atoms with Crippen molar-refractivity contribution >= 4 is 17.3 Å². The highest BCUT2D eigenvalue weighted by atomic mass is 16.2. The Bertz CT molecular complexity index is 665. The molecule has 4 rings (SSSR count). The molecule has 2 aliphatic heterocycles. The summed E-state index contributed by atoms with van der Waals surface area (Å²) in [5.74, 6) is 0.0749. The summed E-state index contributed by atoms with van der Waals surface area (Å²) in [4.78, 5) is 14.6. The summed E-state index contributed by atoms with van der Waals surface area (Å²) in [6.07, 6.45) is 0.994. The molecular weight excluding hydrogens is 236 g/mol. The fourth-order valence-electron chi connectivity index (χ4n) is 3.14. The molecule has 0 saturated carbocycles. The van der Waals surface area contributed by atoms with Crippen LogP contribution in [0.1, 0.15) is 17.2 Å². The summed E-state index contributed by atoms with van der Waals surface area (Å²) in [5.41, 5.74) is 4.48. The van der Waals surface area contributed by atoms with E-state index >= 15 is 0 Å². The summed E-state index contributed by atoms with van der Waals surface area (Å²) < 4.78 is 0. The van der Waals surface area contributed by atoms with Gasteiger partial charge in [0.15, 0.2) is 0 Å². The molecule has 0 aromatic heterocycles. The highest BCUT2D eigenvalue weighted by molar-refractivity contribution is 6.04. The molecule has 2 aromatic rings. The van der Waals surface area contributed by atoms with E-state index in [2.05, 4.69) is 28.4 Å². The van der Waals surface area contributed by atoms with E-state index in [1.165, 1.54) is 5.56 Å². The maximum Gasteiger partial charge on any atom is 0.251 e. The molecule has 94 valence electrons. The second-order valence-corrected chi connectivity index (χ2v) is 5.05. The van der Waals surface area contributed by atoms with E-state index in [9.17, 15) is 4.79 Å². The van der Waals surface area contributed by atoms with E-state index in [0.717, 1.165) is 29.9 Å². The maximum absolute atomic E-state index is 12.4. The third kappa shape index (κ3) is 1.48. The number of benzene rings is 2. The number of para-hydroxylation sites is 2. The molecule has 0 spiro atoms. The third-order valence-electron chi connectivity index (χ3n) is 4.00. The van der Waals surface area contributed by atoms with Crippen molar-refractivity contribution in [2.24, 2.45) is 0 Å². The Morgan fingerprint density at radius 3 is 2.79 bits per heavy atom. The van der Waals surface area contributed by atoms with Crippen LogP contribution in [0.2, 0.25) is 0 Å². The number of nitrogens with zero attached hydrogens (tertiary/aromatic N) is 1. The van der Waals surface area contributed by atoms with Gasteiger partial charge in [0.05, 0.1) is 11.4 Å². The van der Waals surface area contributed by atoms with Crippen molar-refractivity contribution in [2.45, 2.75) is 12.5 Å². The van der Waals surface area contributed by atoms with Gasteiger partial charge in [0.1, 0.15) is 6.04 Å². The molecule has 0 saturated heterocycles.